The van der Waals surface area contributed by atoms with Gasteiger partial charge in [0.15, 0.2) is 0 Å². The Bertz CT molecular complexity index is 727. The van der Waals surface area contributed by atoms with Crippen LogP contribution in [0.1, 0.15) is 54.3 Å². The van der Waals surface area contributed by atoms with Crippen LogP contribution in [0.3, 0.4) is 0 Å². The summed E-state index contributed by atoms with van der Waals surface area (Å²) in [6.45, 7) is 5.52. The van der Waals surface area contributed by atoms with E-state index in [1.54, 1.807) is 0 Å². The molecule has 0 aliphatic carbocycles. The minimum Gasteiger partial charge on any atom is -0.372 e. The molecule has 1 N–H and O–H groups in total. The number of aromatic nitrogens is 2. The third-order valence-electron chi connectivity index (χ3n) is 5.53. The van der Waals surface area contributed by atoms with E-state index < -0.39 is 0 Å². The summed E-state index contributed by atoms with van der Waals surface area (Å²) in [6.07, 6.45) is 4.31. The maximum absolute atomic E-state index is 6.10. The summed E-state index contributed by atoms with van der Waals surface area (Å²) >= 11 is 0. The highest BCUT2D eigenvalue weighted by Gasteiger charge is 2.29. The molecule has 0 amide bonds. The normalized spacial score (nSPS) is 24.2. The van der Waals surface area contributed by atoms with Crippen molar-refractivity contribution >= 4 is 0 Å². The van der Waals surface area contributed by atoms with Gasteiger partial charge in [-0.3, -0.25) is 4.68 Å². The van der Waals surface area contributed by atoms with Crippen LogP contribution in [0.15, 0.2) is 30.5 Å². The fraction of sp³-hybridized carbons (Fsp3) is 0.550. The van der Waals surface area contributed by atoms with Crippen LogP contribution >= 0.6 is 0 Å². The molecule has 2 aromatic rings. The molecule has 4 rings (SSSR count). The Kier molecular flexibility index (Phi) is 4.88. The number of benzene rings is 1. The third-order valence-corrected chi connectivity index (χ3v) is 5.53. The molecule has 1 saturated heterocycles. The summed E-state index contributed by atoms with van der Waals surface area (Å²) in [7, 11) is 1.99. The van der Waals surface area contributed by atoms with Crippen molar-refractivity contribution in [3.8, 4) is 0 Å². The van der Waals surface area contributed by atoms with Crippen molar-refractivity contribution < 1.29 is 9.47 Å². The smallest absolute Gasteiger partial charge is 0.103 e. The van der Waals surface area contributed by atoms with Gasteiger partial charge < -0.3 is 14.8 Å². The molecular weight excluding hydrogens is 314 g/mol. The zero-order valence-electron chi connectivity index (χ0n) is 15.1. The first-order valence-corrected chi connectivity index (χ1v) is 9.24. The second-order valence-corrected chi connectivity index (χ2v) is 7.22. The Morgan fingerprint density at radius 3 is 3.00 bits per heavy atom. The molecule has 0 bridgehead atoms. The van der Waals surface area contributed by atoms with Crippen molar-refractivity contribution in [2.24, 2.45) is 13.0 Å². The van der Waals surface area contributed by atoms with Crippen molar-refractivity contribution in [1.29, 1.82) is 0 Å². The van der Waals surface area contributed by atoms with E-state index in [2.05, 4.69) is 41.6 Å². The topological polar surface area (TPSA) is 48.3 Å². The molecule has 134 valence electrons. The maximum atomic E-state index is 6.10. The van der Waals surface area contributed by atoms with Crippen LogP contribution in [-0.4, -0.2) is 22.9 Å². The van der Waals surface area contributed by atoms with Gasteiger partial charge in [0.2, 0.25) is 0 Å². The molecule has 2 aliphatic rings. The van der Waals surface area contributed by atoms with Gasteiger partial charge in [0, 0.05) is 38.4 Å². The van der Waals surface area contributed by atoms with E-state index in [0.717, 1.165) is 32.8 Å². The van der Waals surface area contributed by atoms with Gasteiger partial charge in [-0.2, -0.15) is 5.10 Å². The van der Waals surface area contributed by atoms with E-state index in [1.807, 2.05) is 17.9 Å². The summed E-state index contributed by atoms with van der Waals surface area (Å²) in [5.41, 5.74) is 5.17. The van der Waals surface area contributed by atoms with Gasteiger partial charge in [-0.1, -0.05) is 18.2 Å². The molecule has 0 saturated carbocycles. The van der Waals surface area contributed by atoms with Gasteiger partial charge in [-0.05, 0) is 42.5 Å². The Morgan fingerprint density at radius 1 is 1.28 bits per heavy atom. The molecule has 5 nitrogen and oxygen atoms in total. The van der Waals surface area contributed by atoms with Crippen molar-refractivity contribution in [3.63, 3.8) is 0 Å². The van der Waals surface area contributed by atoms with Crippen LogP contribution in [0.25, 0.3) is 0 Å². The minimum atomic E-state index is 0.134. The number of hydrogen-bond donors (Lipinski definition) is 1. The van der Waals surface area contributed by atoms with E-state index in [1.165, 1.54) is 28.8 Å². The highest BCUT2D eigenvalue weighted by Crippen LogP contribution is 2.33. The van der Waals surface area contributed by atoms with Crippen LogP contribution in [-0.2, 0) is 29.7 Å². The van der Waals surface area contributed by atoms with Crippen LogP contribution in [0.5, 0.6) is 0 Å². The van der Waals surface area contributed by atoms with E-state index in [9.17, 15) is 0 Å². The highest BCUT2D eigenvalue weighted by molar-refractivity contribution is 5.34. The molecule has 1 aromatic heterocycles. The Balaban J connectivity index is 1.41. The van der Waals surface area contributed by atoms with E-state index in [4.69, 9.17) is 9.47 Å². The zero-order valence-corrected chi connectivity index (χ0v) is 15.1. The third kappa shape index (κ3) is 3.50. The molecule has 1 fully saturated rings. The first-order chi connectivity index (χ1) is 12.2. The van der Waals surface area contributed by atoms with E-state index in [-0.39, 0.29) is 6.10 Å². The summed E-state index contributed by atoms with van der Waals surface area (Å²) in [6, 6.07) is 9.11. The average molecular weight is 341 g/mol. The monoisotopic (exact) mass is 341 g/mol. The molecule has 3 heterocycles. The Labute approximate surface area is 149 Å². The summed E-state index contributed by atoms with van der Waals surface area (Å²) in [5, 5.41) is 8.03. The van der Waals surface area contributed by atoms with Gasteiger partial charge in [-0.25, -0.2) is 0 Å². The molecule has 1 aromatic carbocycles. The van der Waals surface area contributed by atoms with Crippen molar-refractivity contribution in [2.45, 2.75) is 45.1 Å². The highest BCUT2D eigenvalue weighted by atomic mass is 16.5. The molecule has 5 heteroatoms. The number of fused-ring (bicyclic) bond motifs is 1. The second kappa shape index (κ2) is 7.28. The fourth-order valence-electron chi connectivity index (χ4n) is 3.95. The van der Waals surface area contributed by atoms with Gasteiger partial charge >= 0.3 is 0 Å². The molecule has 0 radical (unpaired) electrons. The first-order valence-electron chi connectivity index (χ1n) is 9.24. The van der Waals surface area contributed by atoms with Gasteiger partial charge in [0.1, 0.15) is 6.10 Å². The average Bonchev–Trinajstić information content (AvgIpc) is 3.27. The number of aryl methyl sites for hydroxylation is 1. The summed E-state index contributed by atoms with van der Waals surface area (Å²) < 4.78 is 13.6. The SMILES string of the molecule is CC(NC[C@@H]1CCCO[C@H]1c1ccnn1C)c1ccc2c(c1)COC2. The van der Waals surface area contributed by atoms with Crippen molar-refractivity contribution in [3.05, 3.63) is 52.8 Å². The molecule has 25 heavy (non-hydrogen) atoms. The molecular formula is C20H27N3O2. The van der Waals surface area contributed by atoms with E-state index >= 15 is 0 Å². The first kappa shape index (κ1) is 16.8. The molecule has 3 atom stereocenters. The molecule has 1 unspecified atom stereocenters. The lowest BCUT2D eigenvalue weighted by Crippen LogP contribution is -2.34. The van der Waals surface area contributed by atoms with Crippen LogP contribution < -0.4 is 5.32 Å². The number of nitrogens with one attached hydrogen (secondary N) is 1. The predicted octanol–water partition coefficient (Wildman–Crippen LogP) is 3.27. The van der Waals surface area contributed by atoms with E-state index in [0.29, 0.717) is 12.0 Å². The Morgan fingerprint density at radius 2 is 2.16 bits per heavy atom. The van der Waals surface area contributed by atoms with Gasteiger partial charge in [0.25, 0.3) is 0 Å². The lowest BCUT2D eigenvalue weighted by molar-refractivity contribution is -0.0328. The second-order valence-electron chi connectivity index (χ2n) is 7.22. The number of rotatable bonds is 5. The Hall–Kier alpha value is -1.69. The summed E-state index contributed by atoms with van der Waals surface area (Å²) in [5.74, 6) is 0.476. The zero-order chi connectivity index (χ0) is 17.2. The molecule has 2 aliphatic heterocycles. The predicted molar refractivity (Wildman–Crippen MR) is 96.0 cm³/mol. The van der Waals surface area contributed by atoms with Crippen LogP contribution in [0, 0.1) is 5.92 Å². The van der Waals surface area contributed by atoms with Crippen molar-refractivity contribution in [2.75, 3.05) is 13.2 Å². The fourth-order valence-corrected chi connectivity index (χ4v) is 3.95. The van der Waals surface area contributed by atoms with Crippen LogP contribution in [0.4, 0.5) is 0 Å². The number of ether oxygens (including phenoxy) is 2. The lowest BCUT2D eigenvalue weighted by atomic mass is 9.91. The van der Waals surface area contributed by atoms with Gasteiger partial charge in [-0.15, -0.1) is 0 Å². The lowest BCUT2D eigenvalue weighted by Gasteiger charge is -2.33. The van der Waals surface area contributed by atoms with Crippen LogP contribution in [0.2, 0.25) is 0 Å². The van der Waals surface area contributed by atoms with Gasteiger partial charge in [0.05, 0.1) is 18.9 Å². The minimum absolute atomic E-state index is 0.134. The van der Waals surface area contributed by atoms with Crippen molar-refractivity contribution in [1.82, 2.24) is 15.1 Å². The standard InChI is InChI=1S/C20H27N3O2/c1-14(15-5-6-17-12-24-13-18(17)10-15)21-11-16-4-3-9-25-20(16)19-7-8-22-23(19)2/h5-8,10,14,16,20-21H,3-4,9,11-13H2,1-2H3/t14?,16-,20+/m0/s1. The largest absolute Gasteiger partial charge is 0.372 e. The number of nitrogens with zero attached hydrogens (tertiary/aromatic N) is 2. The quantitative estimate of drug-likeness (QED) is 0.907. The summed E-state index contributed by atoms with van der Waals surface area (Å²) in [4.78, 5) is 0. The number of hydrogen-bond acceptors (Lipinski definition) is 4. The maximum Gasteiger partial charge on any atom is 0.103 e. The molecule has 0 spiro atoms.